The fourth-order valence-electron chi connectivity index (χ4n) is 5.05. The minimum Gasteiger partial charge on any atom is -0.317 e. The molecule has 178 valence electrons. The first-order chi connectivity index (χ1) is 18.2. The van der Waals surface area contributed by atoms with Crippen molar-refractivity contribution in [3.05, 3.63) is 164 Å². The highest BCUT2D eigenvalue weighted by Gasteiger charge is 2.19. The van der Waals surface area contributed by atoms with Crippen LogP contribution >= 0.6 is 0 Å². The molecule has 4 aromatic carbocycles. The van der Waals surface area contributed by atoms with Crippen molar-refractivity contribution >= 4 is 28.3 Å². The van der Waals surface area contributed by atoms with Gasteiger partial charge in [-0.25, -0.2) is 0 Å². The lowest BCUT2D eigenvalue weighted by molar-refractivity contribution is 1.20. The summed E-state index contributed by atoms with van der Waals surface area (Å²) in [5.74, 6) is 0. The van der Waals surface area contributed by atoms with Gasteiger partial charge < -0.3 is 9.80 Å². The highest BCUT2D eigenvalue weighted by Crippen LogP contribution is 2.40. The highest BCUT2D eigenvalue weighted by molar-refractivity contribution is 5.88. The molecule has 0 fully saturated rings. The Labute approximate surface area is 219 Å². The topological polar surface area (TPSA) is 6.48 Å². The van der Waals surface area contributed by atoms with Crippen LogP contribution in [0.25, 0.3) is 16.7 Å². The normalized spacial score (nSPS) is 16.3. The van der Waals surface area contributed by atoms with Gasteiger partial charge in [-0.15, -0.1) is 0 Å². The monoisotopic (exact) mass is 476 g/mol. The SMILES string of the molecule is C=C1/C=C\C=C/N(c2ccccc2)c2ccc(-c3ccc4c(c3)CC=CC(=C)N4c3ccccc3)cc21. The molecule has 0 saturated carbocycles. The number of fused-ring (bicyclic) bond motifs is 2. The van der Waals surface area contributed by atoms with Crippen molar-refractivity contribution in [2.24, 2.45) is 0 Å². The quantitative estimate of drug-likeness (QED) is 0.291. The highest BCUT2D eigenvalue weighted by atomic mass is 15.1. The number of para-hydroxylation sites is 2. The zero-order valence-corrected chi connectivity index (χ0v) is 20.7. The number of rotatable bonds is 3. The Morgan fingerprint density at radius 2 is 1.30 bits per heavy atom. The maximum Gasteiger partial charge on any atom is 0.0534 e. The van der Waals surface area contributed by atoms with Crippen LogP contribution in [-0.4, -0.2) is 0 Å². The predicted molar refractivity (Wildman–Crippen MR) is 158 cm³/mol. The fourth-order valence-corrected chi connectivity index (χ4v) is 5.05. The summed E-state index contributed by atoms with van der Waals surface area (Å²) in [4.78, 5) is 4.46. The number of anilines is 4. The smallest absolute Gasteiger partial charge is 0.0534 e. The Morgan fingerprint density at radius 1 is 0.622 bits per heavy atom. The summed E-state index contributed by atoms with van der Waals surface area (Å²) in [6.07, 6.45) is 13.5. The van der Waals surface area contributed by atoms with E-state index >= 15 is 0 Å². The maximum atomic E-state index is 4.38. The van der Waals surface area contributed by atoms with Crippen LogP contribution < -0.4 is 9.80 Å². The van der Waals surface area contributed by atoms with Gasteiger partial charge in [0.1, 0.15) is 0 Å². The van der Waals surface area contributed by atoms with E-state index in [2.05, 4.69) is 138 Å². The number of hydrogen-bond acceptors (Lipinski definition) is 2. The van der Waals surface area contributed by atoms with Crippen molar-refractivity contribution in [3.8, 4) is 11.1 Å². The first-order valence-electron chi connectivity index (χ1n) is 12.6. The first-order valence-corrected chi connectivity index (χ1v) is 12.6. The van der Waals surface area contributed by atoms with Crippen LogP contribution in [0.5, 0.6) is 0 Å². The lowest BCUT2D eigenvalue weighted by Gasteiger charge is -2.27. The maximum absolute atomic E-state index is 4.38. The van der Waals surface area contributed by atoms with Gasteiger partial charge in [0.25, 0.3) is 0 Å². The lowest BCUT2D eigenvalue weighted by atomic mass is 9.94. The van der Waals surface area contributed by atoms with Crippen LogP contribution in [0, 0.1) is 0 Å². The number of nitrogens with zero attached hydrogens (tertiary/aromatic N) is 2. The summed E-state index contributed by atoms with van der Waals surface area (Å²) in [6.45, 7) is 8.71. The van der Waals surface area contributed by atoms with Gasteiger partial charge in [-0.2, -0.15) is 0 Å². The minimum absolute atomic E-state index is 0.860. The Hall–Kier alpha value is -4.82. The molecule has 0 bridgehead atoms. The largest absolute Gasteiger partial charge is 0.317 e. The third kappa shape index (κ3) is 4.34. The molecule has 2 heteroatoms. The molecule has 2 aliphatic heterocycles. The van der Waals surface area contributed by atoms with Gasteiger partial charge in [-0.05, 0) is 89.4 Å². The van der Waals surface area contributed by atoms with Crippen LogP contribution in [0.3, 0.4) is 0 Å². The van der Waals surface area contributed by atoms with Gasteiger partial charge >= 0.3 is 0 Å². The Bertz CT molecular complexity index is 1570. The molecule has 4 aromatic rings. The molecule has 0 radical (unpaired) electrons. The minimum atomic E-state index is 0.860. The molecule has 0 N–H and O–H groups in total. The average molecular weight is 477 g/mol. The number of hydrogen-bond donors (Lipinski definition) is 0. The fraction of sp³-hybridized carbons (Fsp3) is 0.0286. The van der Waals surface area contributed by atoms with Gasteiger partial charge in [0, 0.05) is 34.5 Å². The van der Waals surface area contributed by atoms with E-state index in [4.69, 9.17) is 0 Å². The second kappa shape index (κ2) is 9.67. The van der Waals surface area contributed by atoms with Crippen LogP contribution in [0.2, 0.25) is 0 Å². The van der Waals surface area contributed by atoms with E-state index in [1.807, 2.05) is 18.2 Å². The molecule has 37 heavy (non-hydrogen) atoms. The van der Waals surface area contributed by atoms with Gasteiger partial charge in [-0.3, -0.25) is 0 Å². The van der Waals surface area contributed by atoms with Crippen molar-refractivity contribution in [3.63, 3.8) is 0 Å². The molecule has 6 rings (SSSR count). The van der Waals surface area contributed by atoms with Crippen LogP contribution in [0.1, 0.15) is 11.1 Å². The van der Waals surface area contributed by atoms with E-state index in [0.29, 0.717) is 0 Å². The van der Waals surface area contributed by atoms with Crippen LogP contribution in [0.15, 0.2) is 152 Å². The standard InChI is InChI=1S/C35H28N2/c1-26-12-9-10-23-36(31-15-5-3-6-16-31)35-22-20-29(25-33(26)35)28-19-21-34-30(24-28)14-11-13-27(2)37(34)32-17-7-4-8-18-32/h3-13,15-25H,1-2,14H2/b12-9-,23-10-. The zero-order valence-electron chi connectivity index (χ0n) is 20.7. The molecule has 0 amide bonds. The third-order valence-electron chi connectivity index (χ3n) is 6.88. The van der Waals surface area contributed by atoms with Gasteiger partial charge in [0.15, 0.2) is 0 Å². The molecule has 0 aliphatic carbocycles. The second-order valence-electron chi connectivity index (χ2n) is 9.28. The molecule has 0 unspecified atom stereocenters. The Morgan fingerprint density at radius 3 is 2.05 bits per heavy atom. The molecule has 0 aromatic heterocycles. The Balaban J connectivity index is 1.43. The van der Waals surface area contributed by atoms with E-state index < -0.39 is 0 Å². The molecule has 2 aliphatic rings. The molecule has 2 nitrogen and oxygen atoms in total. The first kappa shape index (κ1) is 22.6. The van der Waals surface area contributed by atoms with E-state index in [-0.39, 0.29) is 0 Å². The predicted octanol–water partition coefficient (Wildman–Crippen LogP) is 9.35. The van der Waals surface area contributed by atoms with Crippen molar-refractivity contribution in [2.45, 2.75) is 6.42 Å². The molecule has 2 heterocycles. The summed E-state index contributed by atoms with van der Waals surface area (Å²) in [7, 11) is 0. The van der Waals surface area contributed by atoms with Crippen molar-refractivity contribution < 1.29 is 0 Å². The number of benzene rings is 4. The second-order valence-corrected chi connectivity index (χ2v) is 9.28. The van der Waals surface area contributed by atoms with Gasteiger partial charge in [0.2, 0.25) is 0 Å². The van der Waals surface area contributed by atoms with Crippen molar-refractivity contribution in [1.82, 2.24) is 0 Å². The molecule has 0 saturated heterocycles. The van der Waals surface area contributed by atoms with Crippen LogP contribution in [0.4, 0.5) is 22.7 Å². The molecular formula is C35H28N2. The molecular weight excluding hydrogens is 448 g/mol. The van der Waals surface area contributed by atoms with Gasteiger partial charge in [0.05, 0.1) is 5.69 Å². The van der Waals surface area contributed by atoms with Gasteiger partial charge in [-0.1, -0.05) is 79.9 Å². The van der Waals surface area contributed by atoms with E-state index in [1.165, 1.54) is 22.4 Å². The average Bonchev–Trinajstić information content (AvgIpc) is 3.10. The lowest BCUT2D eigenvalue weighted by Crippen LogP contribution is -2.14. The zero-order chi connectivity index (χ0) is 25.2. The Kier molecular flexibility index (Phi) is 5.92. The summed E-state index contributed by atoms with van der Waals surface area (Å²) >= 11 is 0. The molecule has 0 atom stereocenters. The molecule has 0 spiro atoms. The summed E-state index contributed by atoms with van der Waals surface area (Å²) in [6, 6.07) is 34.3. The van der Waals surface area contributed by atoms with Crippen molar-refractivity contribution in [2.75, 3.05) is 9.80 Å². The summed E-state index contributed by atoms with van der Waals surface area (Å²) in [5.41, 5.74) is 11.2. The van der Waals surface area contributed by atoms with E-state index in [1.54, 1.807) is 0 Å². The van der Waals surface area contributed by atoms with E-state index in [0.717, 1.165) is 40.3 Å². The van der Waals surface area contributed by atoms with E-state index in [9.17, 15) is 0 Å². The third-order valence-corrected chi connectivity index (χ3v) is 6.88. The summed E-state index contributed by atoms with van der Waals surface area (Å²) in [5, 5.41) is 0. The van der Waals surface area contributed by atoms with Crippen molar-refractivity contribution in [1.29, 1.82) is 0 Å². The summed E-state index contributed by atoms with van der Waals surface area (Å²) < 4.78 is 0. The number of allylic oxidation sites excluding steroid dienone is 6. The van der Waals surface area contributed by atoms with Crippen LogP contribution in [-0.2, 0) is 6.42 Å².